The van der Waals surface area contributed by atoms with E-state index in [0.717, 1.165) is 6.42 Å². The molecule has 0 fully saturated rings. The quantitative estimate of drug-likeness (QED) is 0.846. The van der Waals surface area contributed by atoms with E-state index in [0.29, 0.717) is 17.4 Å². The highest BCUT2D eigenvalue weighted by molar-refractivity contribution is 6.04. The average Bonchev–Trinajstić information content (AvgIpc) is 2.49. The van der Waals surface area contributed by atoms with Crippen molar-refractivity contribution in [1.82, 2.24) is 10.3 Å². The number of nitrogens with zero attached hydrogens (tertiary/aromatic N) is 1. The average molecular weight is 288 g/mol. The van der Waals surface area contributed by atoms with Crippen LogP contribution in [-0.4, -0.2) is 35.1 Å². The Hall–Kier alpha value is -2.63. The zero-order chi connectivity index (χ0) is 15.2. The molecule has 110 valence electrons. The maximum absolute atomic E-state index is 11.5. The van der Waals surface area contributed by atoms with E-state index >= 15 is 0 Å². The topological polar surface area (TPSA) is 88.5 Å². The van der Waals surface area contributed by atoms with Gasteiger partial charge in [-0.15, -0.1) is 0 Å². The summed E-state index contributed by atoms with van der Waals surface area (Å²) in [6.45, 7) is 2.27. The number of fused-ring (bicyclic) bond motifs is 1. The van der Waals surface area contributed by atoms with Gasteiger partial charge in [0.15, 0.2) is 12.4 Å². The van der Waals surface area contributed by atoms with Gasteiger partial charge in [0.2, 0.25) is 0 Å². The first kappa shape index (κ1) is 14.8. The molecule has 0 saturated carbocycles. The normalized spacial score (nSPS) is 10.3. The van der Waals surface area contributed by atoms with Crippen molar-refractivity contribution in [3.8, 4) is 5.75 Å². The fourth-order valence-electron chi connectivity index (χ4n) is 1.91. The van der Waals surface area contributed by atoms with Crippen molar-refractivity contribution in [1.29, 1.82) is 0 Å². The van der Waals surface area contributed by atoms with Gasteiger partial charge in [0.05, 0.1) is 11.7 Å². The van der Waals surface area contributed by atoms with Crippen LogP contribution in [-0.2, 0) is 4.79 Å². The molecule has 0 unspecified atom stereocenters. The summed E-state index contributed by atoms with van der Waals surface area (Å²) < 4.78 is 5.31. The molecule has 6 nitrogen and oxygen atoms in total. The van der Waals surface area contributed by atoms with Gasteiger partial charge >= 0.3 is 5.97 Å². The number of aromatic nitrogens is 1. The summed E-state index contributed by atoms with van der Waals surface area (Å²) in [6.07, 6.45) is 2.16. The number of hydrogen-bond acceptors (Lipinski definition) is 4. The van der Waals surface area contributed by atoms with Crippen LogP contribution in [0.5, 0.6) is 5.75 Å². The van der Waals surface area contributed by atoms with Gasteiger partial charge in [0.1, 0.15) is 5.56 Å². The highest BCUT2D eigenvalue weighted by atomic mass is 16.5. The Kier molecular flexibility index (Phi) is 4.71. The molecule has 0 bridgehead atoms. The molecule has 0 saturated heterocycles. The molecule has 1 amide bonds. The first-order valence-electron chi connectivity index (χ1n) is 6.64. The third-order valence-electron chi connectivity index (χ3n) is 2.89. The van der Waals surface area contributed by atoms with Crippen LogP contribution >= 0.6 is 0 Å². The molecule has 0 spiro atoms. The third-order valence-corrected chi connectivity index (χ3v) is 2.89. The van der Waals surface area contributed by atoms with Gasteiger partial charge in [0, 0.05) is 11.9 Å². The number of rotatable bonds is 6. The minimum absolute atomic E-state index is 0.0175. The van der Waals surface area contributed by atoms with E-state index < -0.39 is 5.97 Å². The molecule has 1 aromatic heterocycles. The van der Waals surface area contributed by atoms with E-state index in [2.05, 4.69) is 10.3 Å². The fourth-order valence-corrected chi connectivity index (χ4v) is 1.91. The minimum atomic E-state index is -1.11. The predicted molar refractivity (Wildman–Crippen MR) is 77.5 cm³/mol. The number of carbonyl (C=O) groups excluding carboxylic acids is 1. The summed E-state index contributed by atoms with van der Waals surface area (Å²) in [4.78, 5) is 27.1. The lowest BCUT2D eigenvalue weighted by Gasteiger charge is -2.11. The minimum Gasteiger partial charge on any atom is -0.481 e. The van der Waals surface area contributed by atoms with E-state index in [4.69, 9.17) is 4.74 Å². The van der Waals surface area contributed by atoms with E-state index in [1.807, 2.05) is 6.92 Å². The summed E-state index contributed by atoms with van der Waals surface area (Å²) in [5, 5.41) is 12.5. The van der Waals surface area contributed by atoms with Gasteiger partial charge in [-0.2, -0.15) is 0 Å². The largest absolute Gasteiger partial charge is 0.481 e. The third kappa shape index (κ3) is 3.47. The number of carbonyl (C=O) groups is 2. The molecule has 6 heteroatoms. The molecule has 2 rings (SSSR count). The highest BCUT2D eigenvalue weighted by Crippen LogP contribution is 2.26. The number of para-hydroxylation sites is 1. The number of carboxylic acids is 1. The maximum atomic E-state index is 11.5. The number of amides is 1. The predicted octanol–water partition coefficient (Wildman–Crippen LogP) is 1.84. The Morgan fingerprint density at radius 2 is 2.10 bits per heavy atom. The molecule has 0 radical (unpaired) electrons. The standard InChI is InChI=1S/C15H16N2O4/c1-2-7-16-13(18)9-21-12-8-17-11-6-4-3-5-10(11)14(12)15(19)20/h3-6,8H,2,7,9H2,1H3,(H,16,18)(H,19,20). The van der Waals surface area contributed by atoms with Crippen LogP contribution in [0.1, 0.15) is 23.7 Å². The van der Waals surface area contributed by atoms with Gasteiger partial charge in [0.25, 0.3) is 5.91 Å². The number of benzene rings is 1. The van der Waals surface area contributed by atoms with Gasteiger partial charge < -0.3 is 15.2 Å². The Labute approximate surface area is 121 Å². The molecule has 21 heavy (non-hydrogen) atoms. The smallest absolute Gasteiger partial charge is 0.340 e. The van der Waals surface area contributed by atoms with Crippen molar-refractivity contribution < 1.29 is 19.4 Å². The van der Waals surface area contributed by atoms with Gasteiger partial charge in [-0.1, -0.05) is 25.1 Å². The first-order chi connectivity index (χ1) is 10.1. The Morgan fingerprint density at radius 1 is 1.33 bits per heavy atom. The van der Waals surface area contributed by atoms with Crippen LogP contribution in [0.15, 0.2) is 30.5 Å². The molecular formula is C15H16N2O4. The number of aromatic carboxylic acids is 1. The van der Waals surface area contributed by atoms with Crippen molar-refractivity contribution in [2.24, 2.45) is 0 Å². The Morgan fingerprint density at radius 3 is 2.81 bits per heavy atom. The summed E-state index contributed by atoms with van der Waals surface area (Å²) >= 11 is 0. The first-order valence-corrected chi connectivity index (χ1v) is 6.64. The number of hydrogen-bond donors (Lipinski definition) is 2. The van der Waals surface area contributed by atoms with Crippen molar-refractivity contribution in [3.05, 3.63) is 36.0 Å². The molecule has 0 aliphatic heterocycles. The van der Waals surface area contributed by atoms with Crippen molar-refractivity contribution in [3.63, 3.8) is 0 Å². The molecule has 2 N–H and O–H groups in total. The van der Waals surface area contributed by atoms with Crippen LogP contribution in [0, 0.1) is 0 Å². The van der Waals surface area contributed by atoms with E-state index in [1.54, 1.807) is 24.3 Å². The van der Waals surface area contributed by atoms with Crippen LogP contribution in [0.2, 0.25) is 0 Å². The molecule has 0 aliphatic rings. The second-order valence-electron chi connectivity index (χ2n) is 4.46. The number of carboxylic acid groups (broad SMARTS) is 1. The molecule has 0 atom stereocenters. The van der Waals surface area contributed by atoms with E-state index in [9.17, 15) is 14.7 Å². The second kappa shape index (κ2) is 6.69. The highest BCUT2D eigenvalue weighted by Gasteiger charge is 2.17. The molecule has 0 aliphatic carbocycles. The van der Waals surface area contributed by atoms with Crippen molar-refractivity contribution >= 4 is 22.8 Å². The number of pyridine rings is 1. The van der Waals surface area contributed by atoms with Crippen molar-refractivity contribution in [2.75, 3.05) is 13.2 Å². The van der Waals surface area contributed by atoms with Crippen LogP contribution in [0.25, 0.3) is 10.9 Å². The summed E-state index contributed by atoms with van der Waals surface area (Å²) in [7, 11) is 0. The Balaban J connectivity index is 2.25. The summed E-state index contributed by atoms with van der Waals surface area (Å²) in [5.41, 5.74) is 0.585. The lowest BCUT2D eigenvalue weighted by Crippen LogP contribution is -2.29. The lowest BCUT2D eigenvalue weighted by atomic mass is 10.1. The molecule has 2 aromatic rings. The molecule has 1 heterocycles. The number of nitrogens with one attached hydrogen (secondary N) is 1. The fraction of sp³-hybridized carbons (Fsp3) is 0.267. The van der Waals surface area contributed by atoms with Gasteiger partial charge in [-0.25, -0.2) is 4.79 Å². The van der Waals surface area contributed by atoms with Gasteiger partial charge in [-0.05, 0) is 12.5 Å². The van der Waals surface area contributed by atoms with Crippen LogP contribution in [0.3, 0.4) is 0 Å². The maximum Gasteiger partial charge on any atom is 0.340 e. The second-order valence-corrected chi connectivity index (χ2v) is 4.46. The lowest BCUT2D eigenvalue weighted by molar-refractivity contribution is -0.123. The van der Waals surface area contributed by atoms with Crippen molar-refractivity contribution in [2.45, 2.75) is 13.3 Å². The Bertz CT molecular complexity index is 670. The van der Waals surface area contributed by atoms with Gasteiger partial charge in [-0.3, -0.25) is 9.78 Å². The summed E-state index contributed by atoms with van der Waals surface area (Å²) in [5.74, 6) is -1.31. The zero-order valence-electron chi connectivity index (χ0n) is 11.6. The SMILES string of the molecule is CCCNC(=O)COc1cnc2ccccc2c1C(=O)O. The molecular weight excluding hydrogens is 272 g/mol. The van der Waals surface area contributed by atoms with E-state index in [1.165, 1.54) is 6.20 Å². The van der Waals surface area contributed by atoms with E-state index in [-0.39, 0.29) is 23.8 Å². The van der Waals surface area contributed by atoms with Crippen LogP contribution < -0.4 is 10.1 Å². The molecule has 1 aromatic carbocycles. The zero-order valence-corrected chi connectivity index (χ0v) is 11.6. The number of ether oxygens (including phenoxy) is 1. The monoisotopic (exact) mass is 288 g/mol. The van der Waals surface area contributed by atoms with Crippen LogP contribution in [0.4, 0.5) is 0 Å². The summed E-state index contributed by atoms with van der Waals surface area (Å²) in [6, 6.07) is 6.89.